The Morgan fingerprint density at radius 2 is 2.00 bits per heavy atom. The predicted molar refractivity (Wildman–Crippen MR) is 102 cm³/mol. The summed E-state index contributed by atoms with van der Waals surface area (Å²) in [5.74, 6) is 0.355. The first kappa shape index (κ1) is 16.2. The molecule has 4 nitrogen and oxygen atoms in total. The third-order valence-corrected chi connectivity index (χ3v) is 5.78. The van der Waals surface area contributed by atoms with Crippen molar-refractivity contribution >= 4 is 11.4 Å². The van der Waals surface area contributed by atoms with Crippen LogP contribution in [0.2, 0.25) is 0 Å². The van der Waals surface area contributed by atoms with Crippen LogP contribution in [0.1, 0.15) is 31.2 Å². The molecule has 4 rings (SSSR count). The summed E-state index contributed by atoms with van der Waals surface area (Å²) in [4.78, 5) is 2.46. The van der Waals surface area contributed by atoms with Crippen LogP contribution in [0.4, 0.5) is 5.69 Å². The van der Waals surface area contributed by atoms with Gasteiger partial charge in [-0.1, -0.05) is 30.3 Å². The van der Waals surface area contributed by atoms with E-state index < -0.39 is 0 Å². The molecule has 0 radical (unpaired) electrons. The quantitative estimate of drug-likeness (QED) is 0.834. The Hall–Kier alpha value is -2.33. The predicted octanol–water partition coefficient (Wildman–Crippen LogP) is 3.99. The number of fused-ring (bicyclic) bond motifs is 2. The van der Waals surface area contributed by atoms with E-state index in [0.29, 0.717) is 11.8 Å². The number of likely N-dealkylation sites (tertiary alicyclic amines) is 1. The molecule has 2 atom stereocenters. The molecule has 25 heavy (non-hydrogen) atoms. The van der Waals surface area contributed by atoms with Crippen LogP contribution < -0.4 is 5.43 Å². The molecule has 1 saturated carbocycles. The Bertz CT molecular complexity index is 774. The van der Waals surface area contributed by atoms with E-state index in [1.54, 1.807) is 6.07 Å². The Kier molecular flexibility index (Phi) is 4.22. The van der Waals surface area contributed by atoms with E-state index >= 15 is 0 Å². The summed E-state index contributed by atoms with van der Waals surface area (Å²) in [6, 6.07) is 18.4. The van der Waals surface area contributed by atoms with E-state index in [1.807, 2.05) is 42.5 Å². The van der Waals surface area contributed by atoms with Gasteiger partial charge in [0, 0.05) is 23.6 Å². The molecule has 1 aliphatic heterocycles. The van der Waals surface area contributed by atoms with Gasteiger partial charge in [0.1, 0.15) is 5.75 Å². The molecule has 2 fully saturated rings. The normalized spacial score (nSPS) is 28.0. The molecule has 2 aromatic rings. The summed E-state index contributed by atoms with van der Waals surface area (Å²) in [5, 5.41) is 14.7. The highest BCUT2D eigenvalue weighted by atomic mass is 16.3. The van der Waals surface area contributed by atoms with Crippen molar-refractivity contribution in [1.82, 2.24) is 4.90 Å². The van der Waals surface area contributed by atoms with Gasteiger partial charge in [-0.15, -0.1) is 0 Å². The smallest absolute Gasteiger partial charge is 0.115 e. The lowest BCUT2D eigenvalue weighted by molar-refractivity contribution is 0.110. The molecular weight excluding hydrogens is 310 g/mol. The Balaban J connectivity index is 1.63. The molecule has 0 unspecified atom stereocenters. The van der Waals surface area contributed by atoms with Crippen LogP contribution in [0.5, 0.6) is 5.75 Å². The second-order valence-corrected chi connectivity index (χ2v) is 7.46. The maximum Gasteiger partial charge on any atom is 0.115 e. The number of aromatic hydroxyl groups is 1. The van der Waals surface area contributed by atoms with Crippen LogP contribution in [0.15, 0.2) is 59.7 Å². The Morgan fingerprint density at radius 1 is 1.16 bits per heavy atom. The first-order chi connectivity index (χ1) is 12.1. The molecule has 4 heteroatoms. The van der Waals surface area contributed by atoms with Crippen LogP contribution in [0.3, 0.4) is 0 Å². The number of anilines is 1. The van der Waals surface area contributed by atoms with Gasteiger partial charge >= 0.3 is 0 Å². The number of hydrogen-bond donors (Lipinski definition) is 2. The van der Waals surface area contributed by atoms with E-state index in [0.717, 1.165) is 37.9 Å². The first-order valence-electron chi connectivity index (χ1n) is 9.01. The summed E-state index contributed by atoms with van der Waals surface area (Å²) in [5.41, 5.74) is 6.79. The molecule has 1 saturated heterocycles. The van der Waals surface area contributed by atoms with Gasteiger partial charge in [-0.05, 0) is 62.7 Å². The van der Waals surface area contributed by atoms with E-state index in [4.69, 9.17) is 5.10 Å². The van der Waals surface area contributed by atoms with Crippen molar-refractivity contribution in [2.24, 2.45) is 5.10 Å². The molecule has 130 valence electrons. The number of phenolic OH excluding ortho intramolecular Hbond substituents is 1. The van der Waals surface area contributed by atoms with E-state index in [1.165, 1.54) is 11.3 Å². The van der Waals surface area contributed by atoms with Crippen molar-refractivity contribution in [3.8, 4) is 5.75 Å². The average Bonchev–Trinajstić information content (AvgIpc) is 2.64. The summed E-state index contributed by atoms with van der Waals surface area (Å²) in [6.45, 7) is 1.10. The van der Waals surface area contributed by atoms with Crippen molar-refractivity contribution in [3.05, 3.63) is 60.2 Å². The SMILES string of the molecule is CN1CC[C@@]2(c3cccc(O)c3)C/C(=N/Nc3ccccc3)C[C@@H]1C2. The van der Waals surface area contributed by atoms with Gasteiger partial charge in [0.2, 0.25) is 0 Å². The average molecular weight is 335 g/mol. The lowest BCUT2D eigenvalue weighted by atomic mass is 9.63. The monoisotopic (exact) mass is 335 g/mol. The van der Waals surface area contributed by atoms with Crippen molar-refractivity contribution in [3.63, 3.8) is 0 Å². The molecule has 2 N–H and O–H groups in total. The van der Waals surface area contributed by atoms with Crippen molar-refractivity contribution in [2.75, 3.05) is 19.0 Å². The second-order valence-electron chi connectivity index (χ2n) is 7.46. The summed E-state index contributed by atoms with van der Waals surface area (Å²) < 4.78 is 0. The topological polar surface area (TPSA) is 47.9 Å². The van der Waals surface area contributed by atoms with Gasteiger partial charge < -0.3 is 10.0 Å². The number of hydrazone groups is 1. The molecule has 0 amide bonds. The molecule has 2 aliphatic rings. The number of hydrogen-bond acceptors (Lipinski definition) is 4. The second kappa shape index (κ2) is 6.52. The fraction of sp³-hybridized carbons (Fsp3) is 0.381. The van der Waals surface area contributed by atoms with Crippen LogP contribution in [-0.4, -0.2) is 35.4 Å². The van der Waals surface area contributed by atoms with Gasteiger partial charge in [-0.2, -0.15) is 5.10 Å². The Labute approximate surface area is 149 Å². The van der Waals surface area contributed by atoms with E-state index in [-0.39, 0.29) is 5.41 Å². The third-order valence-electron chi connectivity index (χ3n) is 5.78. The number of para-hydroxylation sites is 1. The minimum atomic E-state index is 0.0887. The van der Waals surface area contributed by atoms with Crippen molar-refractivity contribution in [1.29, 1.82) is 0 Å². The molecule has 2 aromatic carbocycles. The lowest BCUT2D eigenvalue weighted by Crippen LogP contribution is -2.52. The van der Waals surface area contributed by atoms with Gasteiger partial charge in [-0.25, -0.2) is 0 Å². The minimum Gasteiger partial charge on any atom is -0.508 e. The molecule has 0 spiro atoms. The first-order valence-corrected chi connectivity index (χ1v) is 9.01. The Morgan fingerprint density at radius 3 is 2.80 bits per heavy atom. The lowest BCUT2D eigenvalue weighted by Gasteiger charge is -2.50. The van der Waals surface area contributed by atoms with Gasteiger partial charge in [0.25, 0.3) is 0 Å². The maximum absolute atomic E-state index is 9.95. The fourth-order valence-corrected chi connectivity index (χ4v) is 4.35. The number of nitrogens with one attached hydrogen (secondary N) is 1. The molecule has 0 aromatic heterocycles. The number of phenols is 1. The summed E-state index contributed by atoms with van der Waals surface area (Å²) >= 11 is 0. The van der Waals surface area contributed by atoms with Crippen LogP contribution in [0.25, 0.3) is 0 Å². The maximum atomic E-state index is 9.95. The summed E-state index contributed by atoms with van der Waals surface area (Å²) in [7, 11) is 2.21. The van der Waals surface area contributed by atoms with Crippen molar-refractivity contribution in [2.45, 2.75) is 37.1 Å². The van der Waals surface area contributed by atoms with Crippen LogP contribution in [0, 0.1) is 0 Å². The largest absolute Gasteiger partial charge is 0.508 e. The molecular formula is C21H25N3O. The minimum absolute atomic E-state index is 0.0887. The number of rotatable bonds is 3. The number of nitrogens with zero attached hydrogens (tertiary/aromatic N) is 2. The number of benzene rings is 2. The van der Waals surface area contributed by atoms with Gasteiger partial charge in [0.15, 0.2) is 0 Å². The highest BCUT2D eigenvalue weighted by Crippen LogP contribution is 2.46. The highest BCUT2D eigenvalue weighted by Gasteiger charge is 2.45. The van der Waals surface area contributed by atoms with Crippen molar-refractivity contribution < 1.29 is 5.11 Å². The van der Waals surface area contributed by atoms with E-state index in [9.17, 15) is 5.11 Å². The van der Waals surface area contributed by atoms with Gasteiger partial charge in [0.05, 0.1) is 5.69 Å². The molecule has 1 aliphatic carbocycles. The zero-order valence-electron chi connectivity index (χ0n) is 14.7. The van der Waals surface area contributed by atoms with E-state index in [2.05, 4.69) is 23.4 Å². The molecule has 1 heterocycles. The zero-order chi connectivity index (χ0) is 17.3. The standard InChI is InChI=1S/C21H25N3O/c1-24-11-10-21(16-6-5-9-20(25)12-16)14-18(13-19(24)15-21)23-22-17-7-3-2-4-8-17/h2-9,12,19,22,25H,10-11,13-15H2,1H3/b23-18+/t19-,21-/m1/s1. The van der Waals surface area contributed by atoms with Gasteiger partial charge in [-0.3, -0.25) is 5.43 Å². The summed E-state index contributed by atoms with van der Waals surface area (Å²) in [6.07, 6.45) is 4.21. The van der Waals surface area contributed by atoms with Crippen LogP contribution >= 0.6 is 0 Å². The third kappa shape index (κ3) is 3.27. The number of piperidine rings is 1. The fourth-order valence-electron chi connectivity index (χ4n) is 4.35. The molecule has 2 bridgehead atoms. The highest BCUT2D eigenvalue weighted by molar-refractivity contribution is 5.88. The van der Waals surface area contributed by atoms with Crippen LogP contribution in [-0.2, 0) is 5.41 Å². The zero-order valence-corrected chi connectivity index (χ0v) is 14.7.